The van der Waals surface area contributed by atoms with Gasteiger partial charge in [0.05, 0.1) is 0 Å². The van der Waals surface area contributed by atoms with Crippen LogP contribution in [0.15, 0.2) is 30.3 Å². The van der Waals surface area contributed by atoms with Gasteiger partial charge in [-0.1, -0.05) is 25.1 Å². The van der Waals surface area contributed by atoms with Crippen LogP contribution in [0.2, 0.25) is 0 Å². The first kappa shape index (κ1) is 14.6. The number of nitrogens with one attached hydrogen (secondary N) is 1. The maximum absolute atomic E-state index is 5.79. The van der Waals surface area contributed by atoms with E-state index in [1.54, 1.807) is 0 Å². The Morgan fingerprint density at radius 3 is 2.72 bits per heavy atom. The molecule has 1 atom stereocenters. The van der Waals surface area contributed by atoms with E-state index in [4.69, 9.17) is 4.74 Å². The Kier molecular flexibility index (Phi) is 7.75. The molecule has 1 aromatic rings. The van der Waals surface area contributed by atoms with Gasteiger partial charge in [0.15, 0.2) is 0 Å². The quantitative estimate of drug-likeness (QED) is 0.710. The van der Waals surface area contributed by atoms with E-state index < -0.39 is 0 Å². The second kappa shape index (κ2) is 9.56. The maximum Gasteiger partial charge on any atom is 0.119 e. The van der Waals surface area contributed by atoms with Crippen molar-refractivity contribution in [2.24, 2.45) is 0 Å². The highest BCUT2D eigenvalue weighted by molar-refractivity contribution is 5.20. The Bertz CT molecular complexity index is 364. The molecule has 1 rings (SSSR count). The normalized spacial score (nSPS) is 11.4. The van der Waals surface area contributed by atoms with E-state index >= 15 is 0 Å². The van der Waals surface area contributed by atoms with Gasteiger partial charge in [-0.15, -0.1) is 11.8 Å². The maximum atomic E-state index is 5.79. The van der Waals surface area contributed by atoms with Gasteiger partial charge in [0.1, 0.15) is 12.4 Å². The molecule has 98 valence electrons. The Morgan fingerprint density at radius 2 is 2.06 bits per heavy atom. The lowest BCUT2D eigenvalue weighted by Crippen LogP contribution is -2.35. The van der Waals surface area contributed by atoms with Crippen molar-refractivity contribution in [3.8, 4) is 17.6 Å². The molecule has 1 aromatic carbocycles. The lowest BCUT2D eigenvalue weighted by Gasteiger charge is -2.18. The third kappa shape index (κ3) is 6.32. The summed E-state index contributed by atoms with van der Waals surface area (Å²) in [5, 5.41) is 3.51. The van der Waals surface area contributed by atoms with Gasteiger partial charge >= 0.3 is 0 Å². The lowest BCUT2D eigenvalue weighted by atomic mass is 10.1. The second-order valence-corrected chi connectivity index (χ2v) is 4.24. The fourth-order valence-electron chi connectivity index (χ4n) is 1.68. The van der Waals surface area contributed by atoms with Crippen LogP contribution in [-0.2, 0) is 0 Å². The van der Waals surface area contributed by atoms with Gasteiger partial charge in [0, 0.05) is 12.5 Å². The Morgan fingerprint density at radius 1 is 1.28 bits per heavy atom. The number of benzene rings is 1. The van der Waals surface area contributed by atoms with Crippen LogP contribution in [0.1, 0.15) is 33.1 Å². The largest absolute Gasteiger partial charge is 0.492 e. The number of ether oxygens (including phenoxy) is 1. The number of hydrogen-bond acceptors (Lipinski definition) is 2. The van der Waals surface area contributed by atoms with Gasteiger partial charge in [-0.3, -0.25) is 0 Å². The molecule has 0 fully saturated rings. The van der Waals surface area contributed by atoms with Crippen LogP contribution in [0.5, 0.6) is 5.75 Å². The van der Waals surface area contributed by atoms with E-state index in [0.717, 1.165) is 31.6 Å². The highest BCUT2D eigenvalue weighted by atomic mass is 16.5. The summed E-state index contributed by atoms with van der Waals surface area (Å²) >= 11 is 0. The summed E-state index contributed by atoms with van der Waals surface area (Å²) in [6.45, 7) is 5.79. The molecule has 0 spiro atoms. The number of rotatable bonds is 8. The van der Waals surface area contributed by atoms with E-state index in [-0.39, 0.29) is 0 Å². The van der Waals surface area contributed by atoms with Crippen molar-refractivity contribution < 1.29 is 4.74 Å². The highest BCUT2D eigenvalue weighted by Crippen LogP contribution is 2.09. The molecule has 0 aromatic heterocycles. The zero-order valence-electron chi connectivity index (χ0n) is 11.4. The minimum atomic E-state index is 0.381. The average molecular weight is 245 g/mol. The summed E-state index contributed by atoms with van der Waals surface area (Å²) in [7, 11) is 0. The summed E-state index contributed by atoms with van der Waals surface area (Å²) in [5.74, 6) is 6.97. The Hall–Kier alpha value is -1.46. The summed E-state index contributed by atoms with van der Waals surface area (Å²) in [6, 6.07) is 10.3. The van der Waals surface area contributed by atoms with Crippen LogP contribution in [0, 0.1) is 11.8 Å². The van der Waals surface area contributed by atoms with Crippen LogP contribution >= 0.6 is 0 Å². The van der Waals surface area contributed by atoms with Gasteiger partial charge in [-0.2, -0.15) is 0 Å². The third-order valence-electron chi connectivity index (χ3n) is 2.67. The van der Waals surface area contributed by atoms with Crippen molar-refractivity contribution in [3.05, 3.63) is 30.3 Å². The van der Waals surface area contributed by atoms with E-state index in [9.17, 15) is 0 Å². The summed E-state index contributed by atoms with van der Waals surface area (Å²) < 4.78 is 5.79. The van der Waals surface area contributed by atoms with Gasteiger partial charge in [0.2, 0.25) is 0 Å². The van der Waals surface area contributed by atoms with Crippen LogP contribution < -0.4 is 10.1 Å². The first-order valence-electron chi connectivity index (χ1n) is 6.67. The molecule has 0 aliphatic heterocycles. The zero-order valence-corrected chi connectivity index (χ0v) is 11.4. The van der Waals surface area contributed by atoms with Crippen molar-refractivity contribution in [1.82, 2.24) is 5.32 Å². The van der Waals surface area contributed by atoms with E-state index in [1.807, 2.05) is 37.3 Å². The summed E-state index contributed by atoms with van der Waals surface area (Å²) in [6.07, 6.45) is 3.10. The molecule has 1 N–H and O–H groups in total. The first-order chi connectivity index (χ1) is 8.86. The Labute approximate surface area is 111 Å². The number of hydrogen-bond donors (Lipinski definition) is 1. The van der Waals surface area contributed by atoms with Crippen LogP contribution in [0.3, 0.4) is 0 Å². The van der Waals surface area contributed by atoms with E-state index in [1.165, 1.54) is 0 Å². The van der Waals surface area contributed by atoms with Crippen LogP contribution in [0.25, 0.3) is 0 Å². The zero-order chi connectivity index (χ0) is 13.1. The minimum Gasteiger partial charge on any atom is -0.492 e. The van der Waals surface area contributed by atoms with Crippen molar-refractivity contribution in [1.29, 1.82) is 0 Å². The molecular weight excluding hydrogens is 222 g/mol. The van der Waals surface area contributed by atoms with E-state index in [2.05, 4.69) is 24.1 Å². The standard InChI is InChI=1S/C16H23NO/c1-3-5-7-10-15(17-13-4-2)14-18-16-11-8-6-9-12-16/h6,8-9,11-12,15,17H,4,7,10,13-14H2,1-2H3. The molecule has 0 bridgehead atoms. The van der Waals surface area contributed by atoms with Crippen LogP contribution in [-0.4, -0.2) is 19.2 Å². The Balaban J connectivity index is 2.36. The summed E-state index contributed by atoms with van der Waals surface area (Å²) in [4.78, 5) is 0. The fraction of sp³-hybridized carbons (Fsp3) is 0.500. The second-order valence-electron chi connectivity index (χ2n) is 4.24. The molecule has 2 nitrogen and oxygen atoms in total. The molecule has 0 saturated carbocycles. The molecule has 1 unspecified atom stereocenters. The highest BCUT2D eigenvalue weighted by Gasteiger charge is 2.07. The van der Waals surface area contributed by atoms with Crippen molar-refractivity contribution in [2.75, 3.05) is 13.2 Å². The average Bonchev–Trinajstić information content (AvgIpc) is 2.42. The molecule has 0 heterocycles. The molecular formula is C16H23NO. The van der Waals surface area contributed by atoms with Crippen molar-refractivity contribution in [2.45, 2.75) is 39.2 Å². The molecule has 18 heavy (non-hydrogen) atoms. The minimum absolute atomic E-state index is 0.381. The summed E-state index contributed by atoms with van der Waals surface area (Å²) in [5.41, 5.74) is 0. The SMILES string of the molecule is CC#CCCC(COc1ccccc1)NCCC. The van der Waals surface area contributed by atoms with Gasteiger partial charge in [0.25, 0.3) is 0 Å². The fourth-order valence-corrected chi connectivity index (χ4v) is 1.68. The third-order valence-corrected chi connectivity index (χ3v) is 2.67. The van der Waals surface area contributed by atoms with Crippen LogP contribution in [0.4, 0.5) is 0 Å². The monoisotopic (exact) mass is 245 g/mol. The molecule has 0 saturated heterocycles. The van der Waals surface area contributed by atoms with Crippen molar-refractivity contribution in [3.63, 3.8) is 0 Å². The van der Waals surface area contributed by atoms with E-state index in [0.29, 0.717) is 12.6 Å². The molecule has 0 radical (unpaired) electrons. The van der Waals surface area contributed by atoms with Crippen molar-refractivity contribution >= 4 is 0 Å². The smallest absolute Gasteiger partial charge is 0.119 e. The molecule has 2 heteroatoms. The van der Waals surface area contributed by atoms with Gasteiger partial charge in [-0.05, 0) is 38.4 Å². The number of para-hydroxylation sites is 1. The first-order valence-corrected chi connectivity index (χ1v) is 6.67. The lowest BCUT2D eigenvalue weighted by molar-refractivity contribution is 0.258. The van der Waals surface area contributed by atoms with Gasteiger partial charge < -0.3 is 10.1 Å². The predicted octanol–water partition coefficient (Wildman–Crippen LogP) is 3.24. The molecule has 0 aliphatic rings. The predicted molar refractivity (Wildman–Crippen MR) is 76.7 cm³/mol. The molecule has 0 amide bonds. The molecule has 0 aliphatic carbocycles. The topological polar surface area (TPSA) is 21.3 Å². The van der Waals surface area contributed by atoms with Gasteiger partial charge in [-0.25, -0.2) is 0 Å².